The van der Waals surface area contributed by atoms with Gasteiger partial charge in [-0.2, -0.15) is 0 Å². The van der Waals surface area contributed by atoms with Gasteiger partial charge in [0.15, 0.2) is 0 Å². The molecule has 0 saturated heterocycles. The maximum atomic E-state index is 3.80. The molecule has 1 unspecified atom stereocenters. The van der Waals surface area contributed by atoms with Crippen LogP contribution < -0.4 is 0 Å². The summed E-state index contributed by atoms with van der Waals surface area (Å²) in [4.78, 5) is 0. The average Bonchev–Trinajstić information content (AvgIpc) is 2.15. The molecule has 0 bridgehead atoms. The standard InChI is InChI=1S/C11H14/c1-4-11(3)8-5-6-10(2)7-9-11/h4-9H,1H2,2-3H3. The molecule has 58 valence electrons. The Hall–Kier alpha value is -1.04. The van der Waals surface area contributed by atoms with E-state index in [0.29, 0.717) is 0 Å². The van der Waals surface area contributed by atoms with Gasteiger partial charge in [0.25, 0.3) is 0 Å². The molecule has 1 rings (SSSR count). The molecule has 0 heteroatoms. The van der Waals surface area contributed by atoms with Gasteiger partial charge in [-0.1, -0.05) is 42.0 Å². The molecule has 0 aromatic rings. The van der Waals surface area contributed by atoms with Crippen molar-refractivity contribution in [2.45, 2.75) is 13.8 Å². The third-order valence-electron chi connectivity index (χ3n) is 1.96. The van der Waals surface area contributed by atoms with Crippen molar-refractivity contribution >= 4 is 0 Å². The van der Waals surface area contributed by atoms with E-state index in [9.17, 15) is 0 Å². The molecule has 0 aromatic carbocycles. The predicted molar refractivity (Wildman–Crippen MR) is 50.3 cm³/mol. The van der Waals surface area contributed by atoms with E-state index in [1.807, 2.05) is 6.08 Å². The molecule has 1 atom stereocenters. The van der Waals surface area contributed by atoms with E-state index in [1.54, 1.807) is 0 Å². The second-order valence-corrected chi connectivity index (χ2v) is 3.17. The SMILES string of the molecule is C=CC1(C)C=CC=C(C)C=C1. The summed E-state index contributed by atoms with van der Waals surface area (Å²) in [5, 5.41) is 0. The summed E-state index contributed by atoms with van der Waals surface area (Å²) < 4.78 is 0. The summed E-state index contributed by atoms with van der Waals surface area (Å²) in [6.45, 7) is 8.03. The van der Waals surface area contributed by atoms with Crippen molar-refractivity contribution in [1.29, 1.82) is 0 Å². The van der Waals surface area contributed by atoms with Crippen LogP contribution in [0.1, 0.15) is 13.8 Å². The van der Waals surface area contributed by atoms with Crippen molar-refractivity contribution in [3.8, 4) is 0 Å². The topological polar surface area (TPSA) is 0 Å². The Morgan fingerprint density at radius 2 is 2.18 bits per heavy atom. The maximum absolute atomic E-state index is 3.80. The third-order valence-corrected chi connectivity index (χ3v) is 1.96. The molecule has 0 amide bonds. The van der Waals surface area contributed by atoms with Gasteiger partial charge < -0.3 is 0 Å². The summed E-state index contributed by atoms with van der Waals surface area (Å²) >= 11 is 0. The van der Waals surface area contributed by atoms with Gasteiger partial charge in [0.2, 0.25) is 0 Å². The molecule has 1 aliphatic rings. The van der Waals surface area contributed by atoms with Gasteiger partial charge in [0.1, 0.15) is 0 Å². The first-order chi connectivity index (χ1) is 5.16. The largest absolute Gasteiger partial charge is 0.102 e. The van der Waals surface area contributed by atoms with E-state index in [1.165, 1.54) is 5.57 Å². The Kier molecular flexibility index (Phi) is 2.13. The van der Waals surface area contributed by atoms with Gasteiger partial charge in [-0.3, -0.25) is 0 Å². The number of allylic oxidation sites excluding steroid dienone is 7. The maximum Gasteiger partial charge on any atom is 0.0217 e. The summed E-state index contributed by atoms with van der Waals surface area (Å²) in [6, 6.07) is 0. The molecule has 0 nitrogen and oxygen atoms in total. The summed E-state index contributed by atoms with van der Waals surface area (Å²) in [7, 11) is 0. The quantitative estimate of drug-likeness (QED) is 0.498. The van der Waals surface area contributed by atoms with Crippen molar-refractivity contribution in [3.05, 3.63) is 48.6 Å². The Morgan fingerprint density at radius 1 is 1.45 bits per heavy atom. The minimum absolute atomic E-state index is 0.0360. The van der Waals surface area contributed by atoms with Gasteiger partial charge >= 0.3 is 0 Å². The van der Waals surface area contributed by atoms with Crippen LogP contribution in [-0.2, 0) is 0 Å². The molecule has 0 spiro atoms. The number of rotatable bonds is 1. The minimum atomic E-state index is 0.0360. The van der Waals surface area contributed by atoms with E-state index in [2.05, 4.69) is 50.8 Å². The lowest BCUT2D eigenvalue weighted by atomic mass is 9.90. The van der Waals surface area contributed by atoms with Crippen LogP contribution in [0.3, 0.4) is 0 Å². The first-order valence-corrected chi connectivity index (χ1v) is 3.85. The van der Waals surface area contributed by atoms with Crippen molar-refractivity contribution in [2.75, 3.05) is 0 Å². The molecule has 1 aliphatic carbocycles. The van der Waals surface area contributed by atoms with Gasteiger partial charge in [0.05, 0.1) is 0 Å². The summed E-state index contributed by atoms with van der Waals surface area (Å²) in [5.74, 6) is 0. The molecular formula is C11H14. The molecule has 0 N–H and O–H groups in total. The van der Waals surface area contributed by atoms with E-state index >= 15 is 0 Å². The fraction of sp³-hybridized carbons (Fsp3) is 0.273. The lowest BCUT2D eigenvalue weighted by Crippen LogP contribution is -2.02. The molecule has 0 aliphatic heterocycles. The van der Waals surface area contributed by atoms with E-state index < -0.39 is 0 Å². The second kappa shape index (κ2) is 2.91. The van der Waals surface area contributed by atoms with Crippen molar-refractivity contribution in [3.63, 3.8) is 0 Å². The molecule has 11 heavy (non-hydrogen) atoms. The zero-order valence-electron chi connectivity index (χ0n) is 7.17. The van der Waals surface area contributed by atoms with Crippen molar-refractivity contribution in [1.82, 2.24) is 0 Å². The summed E-state index contributed by atoms with van der Waals surface area (Å²) in [6.07, 6.45) is 12.6. The predicted octanol–water partition coefficient (Wildman–Crippen LogP) is 3.25. The molecule has 0 heterocycles. The van der Waals surface area contributed by atoms with Crippen LogP contribution in [0, 0.1) is 5.41 Å². The highest BCUT2D eigenvalue weighted by Gasteiger charge is 2.11. The van der Waals surface area contributed by atoms with Crippen LogP contribution in [0.2, 0.25) is 0 Å². The van der Waals surface area contributed by atoms with Gasteiger partial charge in [0, 0.05) is 5.41 Å². The highest BCUT2D eigenvalue weighted by molar-refractivity contribution is 5.32. The number of hydrogen-bond acceptors (Lipinski definition) is 0. The average molecular weight is 146 g/mol. The van der Waals surface area contributed by atoms with E-state index in [-0.39, 0.29) is 5.41 Å². The highest BCUT2D eigenvalue weighted by Crippen LogP contribution is 2.24. The van der Waals surface area contributed by atoms with Crippen LogP contribution in [0.15, 0.2) is 48.6 Å². The summed E-state index contributed by atoms with van der Waals surface area (Å²) in [5.41, 5.74) is 1.32. The van der Waals surface area contributed by atoms with Gasteiger partial charge in [-0.25, -0.2) is 0 Å². The zero-order valence-corrected chi connectivity index (χ0v) is 7.17. The molecule has 0 fully saturated rings. The Bertz CT molecular complexity index is 241. The second-order valence-electron chi connectivity index (χ2n) is 3.17. The zero-order chi connectivity index (χ0) is 8.32. The van der Waals surface area contributed by atoms with Gasteiger partial charge in [-0.05, 0) is 13.8 Å². The smallest absolute Gasteiger partial charge is 0.0217 e. The molecule has 0 radical (unpaired) electrons. The van der Waals surface area contributed by atoms with Crippen LogP contribution >= 0.6 is 0 Å². The van der Waals surface area contributed by atoms with E-state index in [0.717, 1.165) is 0 Å². The molecular weight excluding hydrogens is 132 g/mol. The fourth-order valence-corrected chi connectivity index (χ4v) is 0.965. The monoisotopic (exact) mass is 146 g/mol. The van der Waals surface area contributed by atoms with Crippen molar-refractivity contribution in [2.24, 2.45) is 5.41 Å². The van der Waals surface area contributed by atoms with Crippen LogP contribution in [0.4, 0.5) is 0 Å². The fourth-order valence-electron chi connectivity index (χ4n) is 0.965. The lowest BCUT2D eigenvalue weighted by molar-refractivity contribution is 0.720. The van der Waals surface area contributed by atoms with Crippen LogP contribution in [-0.4, -0.2) is 0 Å². The highest BCUT2D eigenvalue weighted by atomic mass is 14.2. The van der Waals surface area contributed by atoms with Crippen LogP contribution in [0.25, 0.3) is 0 Å². The molecule has 0 saturated carbocycles. The Balaban J connectivity index is 2.95. The Morgan fingerprint density at radius 3 is 2.82 bits per heavy atom. The van der Waals surface area contributed by atoms with Crippen molar-refractivity contribution < 1.29 is 0 Å². The molecule has 0 aromatic heterocycles. The van der Waals surface area contributed by atoms with E-state index in [4.69, 9.17) is 0 Å². The lowest BCUT2D eigenvalue weighted by Gasteiger charge is -2.14. The van der Waals surface area contributed by atoms with Gasteiger partial charge in [-0.15, -0.1) is 6.58 Å². The number of hydrogen-bond donors (Lipinski definition) is 0. The Labute approximate surface area is 68.6 Å². The van der Waals surface area contributed by atoms with Crippen LogP contribution in [0.5, 0.6) is 0 Å². The first-order valence-electron chi connectivity index (χ1n) is 3.85. The third kappa shape index (κ3) is 1.94. The minimum Gasteiger partial charge on any atom is -0.102 e. The normalized spacial score (nSPS) is 29.5. The first kappa shape index (κ1) is 8.06.